The van der Waals surface area contributed by atoms with Crippen LogP contribution in [0.3, 0.4) is 0 Å². The van der Waals surface area contributed by atoms with E-state index in [2.05, 4.69) is 0 Å². The monoisotopic (exact) mass is 256 g/mol. The third-order valence-electron chi connectivity index (χ3n) is 4.35. The Bertz CT molecular complexity index is 284. The first-order chi connectivity index (χ1) is 8.69. The van der Waals surface area contributed by atoms with Gasteiger partial charge in [-0.3, -0.25) is 4.79 Å². The molecule has 0 spiro atoms. The summed E-state index contributed by atoms with van der Waals surface area (Å²) in [6.45, 7) is 3.21. The Balaban J connectivity index is 2.03. The summed E-state index contributed by atoms with van der Waals surface area (Å²) in [6, 6.07) is 0.303. The molecule has 5 nitrogen and oxygen atoms in total. The van der Waals surface area contributed by atoms with E-state index in [4.69, 9.17) is 15.2 Å². The van der Waals surface area contributed by atoms with E-state index in [-0.39, 0.29) is 5.91 Å². The van der Waals surface area contributed by atoms with Gasteiger partial charge in [-0.05, 0) is 25.7 Å². The lowest BCUT2D eigenvalue weighted by molar-refractivity contribution is -0.149. The first kappa shape index (κ1) is 13.8. The molecule has 0 aliphatic carbocycles. The Morgan fingerprint density at radius 2 is 1.78 bits per heavy atom. The van der Waals surface area contributed by atoms with E-state index in [9.17, 15) is 4.79 Å². The number of hydrogen-bond acceptors (Lipinski definition) is 4. The van der Waals surface area contributed by atoms with Crippen molar-refractivity contribution >= 4 is 5.91 Å². The average Bonchev–Trinajstić information content (AvgIpc) is 2.47. The minimum Gasteiger partial charge on any atom is -0.381 e. The molecule has 0 aromatic rings. The molecule has 2 rings (SSSR count). The number of rotatable bonds is 3. The van der Waals surface area contributed by atoms with Crippen LogP contribution >= 0.6 is 0 Å². The van der Waals surface area contributed by atoms with Gasteiger partial charge in [0.2, 0.25) is 5.91 Å². The summed E-state index contributed by atoms with van der Waals surface area (Å²) in [7, 11) is 1.91. The van der Waals surface area contributed by atoms with Gasteiger partial charge < -0.3 is 20.1 Å². The van der Waals surface area contributed by atoms with E-state index in [0.29, 0.717) is 25.8 Å². The van der Waals surface area contributed by atoms with Crippen LogP contribution < -0.4 is 5.73 Å². The van der Waals surface area contributed by atoms with E-state index in [0.717, 1.165) is 38.9 Å². The number of carbonyl (C=O) groups is 1. The van der Waals surface area contributed by atoms with E-state index < -0.39 is 5.41 Å². The molecule has 2 aliphatic rings. The van der Waals surface area contributed by atoms with Crippen LogP contribution in [0, 0.1) is 5.41 Å². The molecular weight excluding hydrogens is 232 g/mol. The van der Waals surface area contributed by atoms with Crippen molar-refractivity contribution in [2.75, 3.05) is 40.0 Å². The molecule has 2 fully saturated rings. The lowest BCUT2D eigenvalue weighted by Gasteiger charge is -2.41. The second-order valence-corrected chi connectivity index (χ2v) is 5.36. The molecule has 0 radical (unpaired) electrons. The van der Waals surface area contributed by atoms with Crippen LogP contribution in [0.15, 0.2) is 0 Å². The highest BCUT2D eigenvalue weighted by Gasteiger charge is 2.42. The number of nitrogens with zero attached hydrogens (tertiary/aromatic N) is 1. The van der Waals surface area contributed by atoms with Crippen molar-refractivity contribution in [3.8, 4) is 0 Å². The van der Waals surface area contributed by atoms with Crippen LogP contribution in [0.2, 0.25) is 0 Å². The lowest BCUT2D eigenvalue weighted by Crippen LogP contribution is -2.53. The largest absolute Gasteiger partial charge is 0.381 e. The lowest BCUT2D eigenvalue weighted by atomic mass is 9.78. The summed E-state index contributed by atoms with van der Waals surface area (Å²) in [6.07, 6.45) is 3.35. The molecule has 2 N–H and O–H groups in total. The van der Waals surface area contributed by atoms with Gasteiger partial charge in [-0.2, -0.15) is 0 Å². The molecule has 0 atom stereocenters. The molecule has 2 heterocycles. The average molecular weight is 256 g/mol. The molecule has 2 saturated heterocycles. The van der Waals surface area contributed by atoms with Crippen molar-refractivity contribution < 1.29 is 14.3 Å². The molecule has 1 amide bonds. The number of ether oxygens (including phenoxy) is 2. The van der Waals surface area contributed by atoms with Crippen LogP contribution in [0.1, 0.15) is 25.7 Å². The highest BCUT2D eigenvalue weighted by molar-refractivity contribution is 5.83. The smallest absolute Gasteiger partial charge is 0.230 e. The highest BCUT2D eigenvalue weighted by atomic mass is 16.5. The Morgan fingerprint density at radius 1 is 1.22 bits per heavy atom. The zero-order valence-electron chi connectivity index (χ0n) is 11.2. The Hall–Kier alpha value is -0.650. The summed E-state index contributed by atoms with van der Waals surface area (Å²) in [5.74, 6) is 0.195. The molecule has 0 aromatic heterocycles. The normalized spacial score (nSPS) is 24.8. The van der Waals surface area contributed by atoms with Crippen molar-refractivity contribution in [3.63, 3.8) is 0 Å². The summed E-state index contributed by atoms with van der Waals surface area (Å²) in [4.78, 5) is 14.6. The van der Waals surface area contributed by atoms with Crippen molar-refractivity contribution in [2.24, 2.45) is 11.1 Å². The maximum absolute atomic E-state index is 12.7. The number of hydrogen-bond donors (Lipinski definition) is 1. The van der Waals surface area contributed by atoms with E-state index >= 15 is 0 Å². The highest BCUT2D eigenvalue weighted by Crippen LogP contribution is 2.32. The van der Waals surface area contributed by atoms with E-state index in [1.54, 1.807) is 0 Å². The zero-order valence-corrected chi connectivity index (χ0v) is 11.2. The number of amides is 1. The maximum Gasteiger partial charge on any atom is 0.230 e. The minimum atomic E-state index is -0.398. The molecule has 5 heteroatoms. The molecule has 0 bridgehead atoms. The Morgan fingerprint density at radius 3 is 2.33 bits per heavy atom. The fraction of sp³-hybridized carbons (Fsp3) is 0.923. The molecule has 18 heavy (non-hydrogen) atoms. The fourth-order valence-electron chi connectivity index (χ4n) is 2.88. The topological polar surface area (TPSA) is 64.8 Å². The van der Waals surface area contributed by atoms with Gasteiger partial charge in [0, 0.05) is 46.1 Å². The summed E-state index contributed by atoms with van der Waals surface area (Å²) in [5, 5.41) is 0. The van der Waals surface area contributed by atoms with Crippen molar-refractivity contribution in [1.29, 1.82) is 0 Å². The van der Waals surface area contributed by atoms with Gasteiger partial charge in [0.25, 0.3) is 0 Å². The van der Waals surface area contributed by atoms with Crippen molar-refractivity contribution in [3.05, 3.63) is 0 Å². The maximum atomic E-state index is 12.7. The van der Waals surface area contributed by atoms with Crippen LogP contribution in [0.25, 0.3) is 0 Å². The number of carbonyl (C=O) groups excluding carboxylic acids is 1. The first-order valence-corrected chi connectivity index (χ1v) is 6.82. The second kappa shape index (κ2) is 5.99. The standard InChI is InChI=1S/C13H24N2O3/c1-15(11-2-6-17-7-3-11)12(16)13(10-14)4-8-18-9-5-13/h11H,2-10,14H2,1H3. The van der Waals surface area contributed by atoms with Gasteiger partial charge in [-0.15, -0.1) is 0 Å². The summed E-state index contributed by atoms with van der Waals surface area (Å²) < 4.78 is 10.7. The number of nitrogens with two attached hydrogens (primary N) is 1. The van der Waals surface area contributed by atoms with Gasteiger partial charge >= 0.3 is 0 Å². The van der Waals surface area contributed by atoms with Gasteiger partial charge in [-0.25, -0.2) is 0 Å². The van der Waals surface area contributed by atoms with Crippen LogP contribution in [-0.4, -0.2) is 56.9 Å². The molecule has 2 aliphatic heterocycles. The van der Waals surface area contributed by atoms with Crippen LogP contribution in [0.4, 0.5) is 0 Å². The molecular formula is C13H24N2O3. The zero-order chi connectivity index (χ0) is 13.0. The van der Waals surface area contributed by atoms with E-state index in [1.165, 1.54) is 0 Å². The summed E-state index contributed by atoms with van der Waals surface area (Å²) >= 11 is 0. The third kappa shape index (κ3) is 2.68. The van der Waals surface area contributed by atoms with Crippen molar-refractivity contribution in [2.45, 2.75) is 31.7 Å². The molecule has 0 unspecified atom stereocenters. The van der Waals surface area contributed by atoms with E-state index in [1.807, 2.05) is 11.9 Å². The fourth-order valence-corrected chi connectivity index (χ4v) is 2.88. The quantitative estimate of drug-likeness (QED) is 0.793. The predicted octanol–water partition coefficient (Wildman–Crippen LogP) is 0.379. The molecule has 104 valence electrons. The second-order valence-electron chi connectivity index (χ2n) is 5.36. The third-order valence-corrected chi connectivity index (χ3v) is 4.35. The van der Waals surface area contributed by atoms with Gasteiger partial charge in [-0.1, -0.05) is 0 Å². The Labute approximate surface area is 109 Å². The van der Waals surface area contributed by atoms with Gasteiger partial charge in [0.1, 0.15) is 0 Å². The molecule has 0 saturated carbocycles. The van der Waals surface area contributed by atoms with Crippen LogP contribution in [0.5, 0.6) is 0 Å². The SMILES string of the molecule is CN(C(=O)C1(CN)CCOCC1)C1CCOCC1. The first-order valence-electron chi connectivity index (χ1n) is 6.82. The summed E-state index contributed by atoms with van der Waals surface area (Å²) in [5.41, 5.74) is 5.48. The van der Waals surface area contributed by atoms with Gasteiger partial charge in [0.05, 0.1) is 5.41 Å². The Kier molecular flexibility index (Phi) is 4.59. The van der Waals surface area contributed by atoms with Crippen molar-refractivity contribution in [1.82, 2.24) is 4.90 Å². The van der Waals surface area contributed by atoms with Gasteiger partial charge in [0.15, 0.2) is 0 Å². The van der Waals surface area contributed by atoms with Crippen LogP contribution in [-0.2, 0) is 14.3 Å². The minimum absolute atomic E-state index is 0.195. The predicted molar refractivity (Wildman–Crippen MR) is 68.2 cm³/mol. The molecule has 0 aromatic carbocycles.